The highest BCUT2D eigenvalue weighted by Gasteiger charge is 2.39. The summed E-state index contributed by atoms with van der Waals surface area (Å²) in [6.07, 6.45) is -8.79. The van der Waals surface area contributed by atoms with Gasteiger partial charge in [-0.3, -0.25) is 19.3 Å². The van der Waals surface area contributed by atoms with Gasteiger partial charge in [0.1, 0.15) is 16.4 Å². The van der Waals surface area contributed by atoms with Gasteiger partial charge >= 0.3 is 11.9 Å². The van der Waals surface area contributed by atoms with Crippen molar-refractivity contribution in [2.75, 3.05) is 0 Å². The van der Waals surface area contributed by atoms with Crippen molar-refractivity contribution in [3.05, 3.63) is 80.5 Å². The highest BCUT2D eigenvalue weighted by Crippen LogP contribution is 2.40. The third-order valence-electron chi connectivity index (χ3n) is 6.01. The lowest BCUT2D eigenvalue weighted by molar-refractivity contribution is -0.207. The first-order valence-electron chi connectivity index (χ1n) is 11.4. The number of benzene rings is 1. The van der Waals surface area contributed by atoms with Gasteiger partial charge in [0.05, 0.1) is 29.2 Å². The Bertz CT molecular complexity index is 1880. The average molecular weight is 582 g/mol. The van der Waals surface area contributed by atoms with Crippen LogP contribution in [0.4, 0.5) is 26.3 Å². The van der Waals surface area contributed by atoms with Gasteiger partial charge in [0, 0.05) is 22.0 Å². The number of nitrogens with zero attached hydrogens (tertiary/aromatic N) is 3. The van der Waals surface area contributed by atoms with Gasteiger partial charge in [-0.25, -0.2) is 22.9 Å². The number of alkyl halides is 5. The topological polar surface area (TPSA) is 110 Å². The molecular formula is C25H16F6N4O4S. The lowest BCUT2D eigenvalue weighted by Crippen LogP contribution is -2.38. The van der Waals surface area contributed by atoms with Crippen molar-refractivity contribution in [1.82, 2.24) is 19.5 Å². The Hall–Kier alpha value is -4.24. The number of hydrogen-bond acceptors (Lipinski definition) is 7. The molecule has 8 nitrogen and oxygen atoms in total. The van der Waals surface area contributed by atoms with Crippen LogP contribution in [0.3, 0.4) is 0 Å². The molecule has 208 valence electrons. The maximum Gasteiger partial charge on any atom is 0.416 e. The number of nitrogens with one attached hydrogen (secondary N) is 1. The number of aromatic nitrogens is 4. The zero-order chi connectivity index (χ0) is 28.9. The van der Waals surface area contributed by atoms with Crippen LogP contribution in [-0.4, -0.2) is 36.9 Å². The molecule has 5 rings (SSSR count). The lowest BCUT2D eigenvalue weighted by atomic mass is 10.1. The van der Waals surface area contributed by atoms with Crippen molar-refractivity contribution in [2.45, 2.75) is 32.2 Å². The summed E-state index contributed by atoms with van der Waals surface area (Å²) in [5, 5.41) is 9.73. The molecule has 0 amide bonds. The van der Waals surface area contributed by atoms with Crippen molar-refractivity contribution < 1.29 is 36.2 Å². The summed E-state index contributed by atoms with van der Waals surface area (Å²) in [7, 11) is 0. The molecule has 0 radical (unpaired) electrons. The summed E-state index contributed by atoms with van der Waals surface area (Å²) >= 11 is 0.714. The molecule has 0 aliphatic rings. The number of aryl methyl sites for hydroxylation is 1. The highest BCUT2D eigenvalue weighted by atomic mass is 32.1. The molecule has 4 aromatic heterocycles. The van der Waals surface area contributed by atoms with Crippen LogP contribution >= 0.6 is 11.3 Å². The van der Waals surface area contributed by atoms with E-state index in [1.54, 1.807) is 0 Å². The molecule has 0 bridgehead atoms. The molecule has 40 heavy (non-hydrogen) atoms. The monoisotopic (exact) mass is 582 g/mol. The second kappa shape index (κ2) is 10.1. The first-order valence-corrected chi connectivity index (χ1v) is 12.2. The molecule has 2 N–H and O–H groups in total. The SMILES string of the molecule is Cc1c(-c2cnc(Oc3ccc4ncc(F)cc4c3)c(C(F)F)c2)sc2c1c(=O)[nH]c(=O)n2C[C@@H](O)C(F)(F)F. The molecule has 1 atom stereocenters. The average Bonchev–Trinajstić information content (AvgIpc) is 3.23. The van der Waals surface area contributed by atoms with E-state index in [2.05, 4.69) is 9.97 Å². The Kier molecular flexibility index (Phi) is 6.87. The molecular weight excluding hydrogens is 566 g/mol. The third-order valence-corrected chi connectivity index (χ3v) is 7.37. The molecule has 0 spiro atoms. The number of hydrogen-bond donors (Lipinski definition) is 2. The van der Waals surface area contributed by atoms with Crippen molar-refractivity contribution in [1.29, 1.82) is 0 Å². The Morgan fingerprint density at radius 1 is 1.12 bits per heavy atom. The maximum atomic E-state index is 14.1. The van der Waals surface area contributed by atoms with Gasteiger partial charge in [-0.2, -0.15) is 13.2 Å². The number of fused-ring (bicyclic) bond motifs is 2. The van der Waals surface area contributed by atoms with E-state index in [-0.39, 0.29) is 32.0 Å². The lowest BCUT2D eigenvalue weighted by Gasteiger charge is -2.15. The summed E-state index contributed by atoms with van der Waals surface area (Å²) in [4.78, 5) is 34.7. The van der Waals surface area contributed by atoms with Gasteiger partial charge in [0.25, 0.3) is 12.0 Å². The van der Waals surface area contributed by atoms with Crippen LogP contribution in [0.15, 0.2) is 52.3 Å². The van der Waals surface area contributed by atoms with Crippen LogP contribution in [-0.2, 0) is 6.54 Å². The fourth-order valence-electron chi connectivity index (χ4n) is 4.09. The van der Waals surface area contributed by atoms with E-state index in [9.17, 15) is 41.0 Å². The molecule has 0 aliphatic heterocycles. The number of halogens is 6. The number of pyridine rings is 2. The quantitative estimate of drug-likeness (QED) is 0.257. The minimum absolute atomic E-state index is 0.0823. The summed E-state index contributed by atoms with van der Waals surface area (Å²) in [5.41, 5.74) is -1.96. The van der Waals surface area contributed by atoms with Gasteiger partial charge in [-0.15, -0.1) is 11.3 Å². The fourth-order valence-corrected chi connectivity index (χ4v) is 5.38. The van der Waals surface area contributed by atoms with Crippen LogP contribution in [0.1, 0.15) is 17.6 Å². The van der Waals surface area contributed by atoms with E-state index in [1.807, 2.05) is 4.98 Å². The number of aromatic amines is 1. The van der Waals surface area contributed by atoms with Crippen LogP contribution in [0, 0.1) is 12.7 Å². The normalized spacial score (nSPS) is 12.9. The minimum Gasteiger partial charge on any atom is -0.439 e. The molecule has 4 heterocycles. The number of aliphatic hydroxyl groups excluding tert-OH is 1. The number of thiophene rings is 1. The number of ether oxygens (including phenoxy) is 1. The van der Waals surface area contributed by atoms with Crippen LogP contribution < -0.4 is 16.0 Å². The standard InChI is InChI=1S/C25H16F6N4O4S/c1-10-18-21(37)34-24(38)35(9-17(36)25(29,30)31)23(18)40-19(10)12-6-15(20(27)28)22(33-7-12)39-14-2-3-16-11(5-14)4-13(26)8-32-16/h2-8,17,20,36H,9H2,1H3,(H,34,37,38)/t17-/m1/s1. The van der Waals surface area contributed by atoms with Crippen LogP contribution in [0.25, 0.3) is 31.6 Å². The van der Waals surface area contributed by atoms with Gasteiger partial charge < -0.3 is 9.84 Å². The van der Waals surface area contributed by atoms with Gasteiger partial charge in [0.15, 0.2) is 6.10 Å². The molecule has 5 aromatic rings. The first-order chi connectivity index (χ1) is 18.8. The zero-order valence-corrected chi connectivity index (χ0v) is 20.9. The van der Waals surface area contributed by atoms with Gasteiger partial charge in [0.2, 0.25) is 5.88 Å². The van der Waals surface area contributed by atoms with Gasteiger partial charge in [-0.1, -0.05) is 0 Å². The first kappa shape index (κ1) is 27.3. The largest absolute Gasteiger partial charge is 0.439 e. The van der Waals surface area contributed by atoms with E-state index in [0.29, 0.717) is 26.8 Å². The smallest absolute Gasteiger partial charge is 0.416 e. The minimum atomic E-state index is -5.03. The van der Waals surface area contributed by atoms with Gasteiger partial charge in [-0.05, 0) is 42.8 Å². The predicted octanol–water partition coefficient (Wildman–Crippen LogP) is 5.46. The second-order valence-corrected chi connectivity index (χ2v) is 9.69. The third kappa shape index (κ3) is 5.04. The Morgan fingerprint density at radius 3 is 2.58 bits per heavy atom. The van der Waals surface area contributed by atoms with E-state index < -0.39 is 53.8 Å². The van der Waals surface area contributed by atoms with E-state index in [1.165, 1.54) is 37.4 Å². The number of H-pyrrole nitrogens is 1. The molecule has 0 fully saturated rings. The molecule has 0 aliphatic carbocycles. The van der Waals surface area contributed by atoms with E-state index in [0.717, 1.165) is 12.3 Å². The van der Waals surface area contributed by atoms with E-state index >= 15 is 0 Å². The number of rotatable bonds is 6. The summed E-state index contributed by atoms with van der Waals surface area (Å²) < 4.78 is 86.7. The molecule has 0 saturated carbocycles. The Morgan fingerprint density at radius 2 is 1.88 bits per heavy atom. The predicted molar refractivity (Wildman–Crippen MR) is 133 cm³/mol. The Labute approximate surface area is 223 Å². The van der Waals surface area contributed by atoms with E-state index in [4.69, 9.17) is 4.74 Å². The highest BCUT2D eigenvalue weighted by molar-refractivity contribution is 7.22. The van der Waals surface area contributed by atoms with Crippen molar-refractivity contribution in [3.8, 4) is 22.1 Å². The summed E-state index contributed by atoms with van der Waals surface area (Å²) in [6.45, 7) is 0.251. The van der Waals surface area contributed by atoms with Crippen molar-refractivity contribution >= 4 is 32.5 Å². The zero-order valence-electron chi connectivity index (χ0n) is 20.1. The summed E-state index contributed by atoms with van der Waals surface area (Å²) in [6, 6.07) is 6.59. The van der Waals surface area contributed by atoms with Crippen LogP contribution in [0.5, 0.6) is 11.6 Å². The van der Waals surface area contributed by atoms with Crippen molar-refractivity contribution in [2.24, 2.45) is 0 Å². The van der Waals surface area contributed by atoms with Crippen LogP contribution in [0.2, 0.25) is 0 Å². The van der Waals surface area contributed by atoms with Crippen molar-refractivity contribution in [3.63, 3.8) is 0 Å². The molecule has 15 heteroatoms. The summed E-state index contributed by atoms with van der Waals surface area (Å²) in [5.74, 6) is -0.973. The molecule has 0 saturated heterocycles. The number of aliphatic hydroxyl groups is 1. The maximum absolute atomic E-state index is 14.1. The second-order valence-electron chi connectivity index (χ2n) is 8.69. The molecule has 0 unspecified atom stereocenters. The fraction of sp³-hybridized carbons (Fsp3) is 0.200. The Balaban J connectivity index is 1.58. The molecule has 1 aromatic carbocycles.